The van der Waals surface area contributed by atoms with Crippen molar-refractivity contribution in [3.05, 3.63) is 30.5 Å². The second-order valence-electron chi connectivity index (χ2n) is 8.96. The van der Waals surface area contributed by atoms with Gasteiger partial charge in [0.2, 0.25) is 5.91 Å². The molecule has 1 aromatic carbocycles. The van der Waals surface area contributed by atoms with Gasteiger partial charge < -0.3 is 20.1 Å². The highest BCUT2D eigenvalue weighted by molar-refractivity contribution is 5.89. The second kappa shape index (κ2) is 10.5. The number of hydrogen-bond acceptors (Lipinski definition) is 9. The third-order valence-corrected chi connectivity index (χ3v) is 6.60. The summed E-state index contributed by atoms with van der Waals surface area (Å²) in [6.45, 7) is 4.59. The molecule has 0 aliphatic carbocycles. The maximum atomic E-state index is 11.5. The Bertz CT molecular complexity index is 1230. The van der Waals surface area contributed by atoms with Gasteiger partial charge in [0.05, 0.1) is 44.5 Å². The summed E-state index contributed by atoms with van der Waals surface area (Å²) in [5.41, 5.74) is 7.60. The molecule has 3 N–H and O–H groups in total. The molecule has 5 rings (SSSR count). The first-order valence-electron chi connectivity index (χ1n) is 12.1. The molecule has 0 saturated carbocycles. The van der Waals surface area contributed by atoms with E-state index in [0.29, 0.717) is 24.7 Å². The Hall–Kier alpha value is -3.77. The van der Waals surface area contributed by atoms with Gasteiger partial charge in [0, 0.05) is 37.4 Å². The zero-order chi connectivity index (χ0) is 25.1. The average molecular weight is 495 g/mol. The van der Waals surface area contributed by atoms with Crippen LogP contribution in [0.25, 0.3) is 22.4 Å². The third kappa shape index (κ3) is 5.09. The summed E-state index contributed by atoms with van der Waals surface area (Å²) >= 11 is 0. The molecule has 2 aliphatic heterocycles. The predicted octanol–water partition coefficient (Wildman–Crippen LogP) is 1.63. The van der Waals surface area contributed by atoms with Crippen LogP contribution in [0.1, 0.15) is 18.9 Å². The van der Waals surface area contributed by atoms with Crippen molar-refractivity contribution in [1.82, 2.24) is 24.6 Å². The molecule has 0 radical (unpaired) electrons. The number of rotatable bonds is 6. The van der Waals surface area contributed by atoms with Crippen molar-refractivity contribution in [2.24, 2.45) is 5.73 Å². The van der Waals surface area contributed by atoms with Crippen LogP contribution in [0.4, 0.5) is 16.3 Å². The molecule has 190 valence electrons. The molecule has 2 aliphatic rings. The van der Waals surface area contributed by atoms with Gasteiger partial charge in [-0.2, -0.15) is 5.10 Å². The van der Waals surface area contributed by atoms with Gasteiger partial charge in [-0.1, -0.05) is 0 Å². The van der Waals surface area contributed by atoms with E-state index in [1.807, 2.05) is 23.0 Å². The molecule has 0 spiro atoms. The Morgan fingerprint density at radius 3 is 2.50 bits per heavy atom. The van der Waals surface area contributed by atoms with Crippen LogP contribution in [-0.4, -0.2) is 89.7 Å². The molecule has 0 bridgehead atoms. The quantitative estimate of drug-likeness (QED) is 0.523. The van der Waals surface area contributed by atoms with E-state index in [1.54, 1.807) is 12.1 Å². The van der Waals surface area contributed by atoms with Crippen LogP contribution in [0.2, 0.25) is 0 Å². The molecular formula is C24H30N8O4. The molecule has 12 heteroatoms. The van der Waals surface area contributed by atoms with Crippen molar-refractivity contribution in [3.63, 3.8) is 0 Å². The summed E-state index contributed by atoms with van der Waals surface area (Å²) in [6.07, 6.45) is 3.03. The molecule has 2 aromatic heterocycles. The Morgan fingerprint density at radius 2 is 1.83 bits per heavy atom. The van der Waals surface area contributed by atoms with Crippen molar-refractivity contribution in [2.45, 2.75) is 18.9 Å². The fourth-order valence-corrected chi connectivity index (χ4v) is 4.74. The number of nitrogens with one attached hydrogen (secondary N) is 1. The molecule has 0 unspecified atom stereocenters. The van der Waals surface area contributed by atoms with E-state index in [4.69, 9.17) is 25.5 Å². The summed E-state index contributed by atoms with van der Waals surface area (Å²) in [6, 6.07) is 7.50. The van der Waals surface area contributed by atoms with E-state index in [9.17, 15) is 9.59 Å². The first-order chi connectivity index (χ1) is 17.5. The zero-order valence-electron chi connectivity index (χ0n) is 20.2. The Morgan fingerprint density at radius 1 is 1.11 bits per heavy atom. The number of nitrogens with two attached hydrogens (primary N) is 1. The SMILES string of the molecule is COC(=O)Nc1ccc(-c2nc(N3CCOCC3)c3cnn(C4CCN(CC(N)=O)CC4)c3n2)cc1. The summed E-state index contributed by atoms with van der Waals surface area (Å²) in [7, 11) is 1.32. The molecule has 2 amide bonds. The number of anilines is 2. The number of aromatic nitrogens is 4. The minimum atomic E-state index is -0.527. The van der Waals surface area contributed by atoms with Gasteiger partial charge in [0.1, 0.15) is 5.82 Å². The lowest BCUT2D eigenvalue weighted by Gasteiger charge is -2.31. The lowest BCUT2D eigenvalue weighted by molar-refractivity contribution is -0.119. The van der Waals surface area contributed by atoms with Crippen molar-refractivity contribution in [1.29, 1.82) is 0 Å². The monoisotopic (exact) mass is 494 g/mol. The lowest BCUT2D eigenvalue weighted by Crippen LogP contribution is -2.40. The molecule has 36 heavy (non-hydrogen) atoms. The van der Waals surface area contributed by atoms with Gasteiger partial charge in [-0.3, -0.25) is 15.0 Å². The smallest absolute Gasteiger partial charge is 0.411 e. The maximum Gasteiger partial charge on any atom is 0.411 e. The Balaban J connectivity index is 1.49. The highest BCUT2D eigenvalue weighted by atomic mass is 16.5. The normalized spacial score (nSPS) is 17.3. The minimum absolute atomic E-state index is 0.165. The summed E-state index contributed by atoms with van der Waals surface area (Å²) in [5, 5.41) is 8.30. The Labute approximate surface area is 208 Å². The number of piperidine rings is 1. The van der Waals surface area contributed by atoms with E-state index < -0.39 is 6.09 Å². The number of ether oxygens (including phenoxy) is 2. The van der Waals surface area contributed by atoms with Gasteiger partial charge in [-0.15, -0.1) is 0 Å². The second-order valence-corrected chi connectivity index (χ2v) is 8.96. The molecule has 2 saturated heterocycles. The van der Waals surface area contributed by atoms with Gasteiger partial charge in [-0.05, 0) is 37.1 Å². The number of hydrogen-bond donors (Lipinski definition) is 2. The number of benzene rings is 1. The fraction of sp³-hybridized carbons (Fsp3) is 0.458. The van der Waals surface area contributed by atoms with Crippen LogP contribution in [0.5, 0.6) is 0 Å². The number of methoxy groups -OCH3 is 1. The van der Waals surface area contributed by atoms with Gasteiger partial charge in [0.15, 0.2) is 11.5 Å². The van der Waals surface area contributed by atoms with E-state index >= 15 is 0 Å². The van der Waals surface area contributed by atoms with Crippen LogP contribution in [0.3, 0.4) is 0 Å². The van der Waals surface area contributed by atoms with E-state index in [-0.39, 0.29) is 18.5 Å². The highest BCUT2D eigenvalue weighted by Crippen LogP contribution is 2.32. The predicted molar refractivity (Wildman–Crippen MR) is 134 cm³/mol. The molecule has 12 nitrogen and oxygen atoms in total. The summed E-state index contributed by atoms with van der Waals surface area (Å²) in [5.74, 6) is 1.12. The first kappa shape index (κ1) is 23.9. The van der Waals surface area contributed by atoms with Crippen LogP contribution in [0.15, 0.2) is 30.5 Å². The molecular weight excluding hydrogens is 464 g/mol. The third-order valence-electron chi connectivity index (χ3n) is 6.60. The molecule has 4 heterocycles. The number of amides is 2. The van der Waals surface area contributed by atoms with Crippen molar-refractivity contribution >= 4 is 34.5 Å². The number of carbonyl (C=O) groups is 2. The Kier molecular flexibility index (Phi) is 6.96. The number of nitrogens with zero attached hydrogens (tertiary/aromatic N) is 6. The van der Waals surface area contributed by atoms with E-state index in [1.165, 1.54) is 7.11 Å². The number of carbonyl (C=O) groups excluding carboxylic acids is 2. The van der Waals surface area contributed by atoms with Crippen LogP contribution in [0, 0.1) is 0 Å². The number of fused-ring (bicyclic) bond motifs is 1. The average Bonchev–Trinajstić information content (AvgIpc) is 3.33. The van der Waals surface area contributed by atoms with Crippen LogP contribution >= 0.6 is 0 Å². The lowest BCUT2D eigenvalue weighted by atomic mass is 10.1. The van der Waals surface area contributed by atoms with Crippen LogP contribution < -0.4 is 16.0 Å². The summed E-state index contributed by atoms with van der Waals surface area (Å²) in [4.78, 5) is 37.0. The van der Waals surface area contributed by atoms with E-state index in [0.717, 1.165) is 61.4 Å². The number of primary amides is 1. The van der Waals surface area contributed by atoms with Crippen LogP contribution in [-0.2, 0) is 14.3 Å². The van der Waals surface area contributed by atoms with Crippen molar-refractivity contribution in [2.75, 3.05) is 63.3 Å². The fourth-order valence-electron chi connectivity index (χ4n) is 4.74. The topological polar surface area (TPSA) is 141 Å². The maximum absolute atomic E-state index is 11.5. The minimum Gasteiger partial charge on any atom is -0.453 e. The largest absolute Gasteiger partial charge is 0.453 e. The van der Waals surface area contributed by atoms with Gasteiger partial charge in [-0.25, -0.2) is 19.4 Å². The standard InChI is InChI=1S/C24H30N8O4/c1-35-24(34)27-17-4-2-16(3-5-17)21-28-22(31-10-12-36-13-11-31)19-14-26-32(23(19)29-21)18-6-8-30(9-7-18)15-20(25)33/h2-5,14,18H,6-13,15H2,1H3,(H2,25,33)(H,27,34). The van der Waals surface area contributed by atoms with Gasteiger partial charge >= 0.3 is 6.09 Å². The van der Waals surface area contributed by atoms with Crippen molar-refractivity contribution in [3.8, 4) is 11.4 Å². The van der Waals surface area contributed by atoms with E-state index in [2.05, 4.69) is 19.9 Å². The number of morpholine rings is 1. The highest BCUT2D eigenvalue weighted by Gasteiger charge is 2.26. The van der Waals surface area contributed by atoms with Gasteiger partial charge in [0.25, 0.3) is 0 Å². The molecule has 3 aromatic rings. The molecule has 2 fully saturated rings. The zero-order valence-corrected chi connectivity index (χ0v) is 20.2. The molecule has 0 atom stereocenters. The number of likely N-dealkylation sites (tertiary alicyclic amines) is 1. The van der Waals surface area contributed by atoms with Crippen molar-refractivity contribution < 1.29 is 19.1 Å². The summed E-state index contributed by atoms with van der Waals surface area (Å²) < 4.78 is 12.2. The first-order valence-corrected chi connectivity index (χ1v) is 12.1.